The fourth-order valence-electron chi connectivity index (χ4n) is 1.85. The second kappa shape index (κ2) is 5.28. The van der Waals surface area contributed by atoms with Crippen molar-refractivity contribution >= 4 is 22.2 Å². The van der Waals surface area contributed by atoms with Crippen LogP contribution in [0.5, 0.6) is 0 Å². The minimum absolute atomic E-state index is 0.130. The Hall–Kier alpha value is -1.44. The highest BCUT2D eigenvalue weighted by Crippen LogP contribution is 2.10. The Balaban J connectivity index is 2.11. The molecular formula is C12H15N3O2S2. The molecule has 0 aliphatic rings. The molecule has 19 heavy (non-hydrogen) atoms. The molecule has 1 aromatic heterocycles. The number of nitrogens with two attached hydrogens (primary N) is 1. The summed E-state index contributed by atoms with van der Waals surface area (Å²) in [6, 6.07) is 6.58. The number of H-pyrrole nitrogens is 1. The van der Waals surface area contributed by atoms with Crippen molar-refractivity contribution in [3.63, 3.8) is 0 Å². The van der Waals surface area contributed by atoms with E-state index in [1.807, 2.05) is 17.7 Å². The van der Waals surface area contributed by atoms with Crippen LogP contribution in [0, 0.1) is 11.7 Å². The van der Waals surface area contributed by atoms with Crippen LogP contribution in [0.2, 0.25) is 0 Å². The Kier molecular flexibility index (Phi) is 3.88. The minimum Gasteiger partial charge on any atom is -0.337 e. The summed E-state index contributed by atoms with van der Waals surface area (Å²) in [5.74, 6) is 0. The summed E-state index contributed by atoms with van der Waals surface area (Å²) >= 11 is 5.17. The number of benzene rings is 1. The summed E-state index contributed by atoms with van der Waals surface area (Å²) in [6.45, 7) is 2.74. The molecule has 0 saturated heterocycles. The summed E-state index contributed by atoms with van der Waals surface area (Å²) in [5.41, 5.74) is 2.11. The van der Waals surface area contributed by atoms with Gasteiger partial charge in [-0.1, -0.05) is 12.1 Å². The highest BCUT2D eigenvalue weighted by molar-refractivity contribution is 7.89. The van der Waals surface area contributed by atoms with Crippen LogP contribution < -0.4 is 5.14 Å². The van der Waals surface area contributed by atoms with Crippen LogP contribution in [0.3, 0.4) is 0 Å². The molecule has 0 fully saturated rings. The first-order chi connectivity index (χ1) is 8.88. The Labute approximate surface area is 117 Å². The third-order valence-electron chi connectivity index (χ3n) is 2.95. The monoisotopic (exact) mass is 297 g/mol. The van der Waals surface area contributed by atoms with Gasteiger partial charge in [0, 0.05) is 18.4 Å². The van der Waals surface area contributed by atoms with Gasteiger partial charge in [-0.15, -0.1) is 0 Å². The third kappa shape index (κ3) is 3.31. The summed E-state index contributed by atoms with van der Waals surface area (Å²) in [5, 5.41) is 5.05. The average molecular weight is 297 g/mol. The zero-order valence-electron chi connectivity index (χ0n) is 10.5. The predicted octanol–water partition coefficient (Wildman–Crippen LogP) is 1.74. The van der Waals surface area contributed by atoms with Crippen molar-refractivity contribution in [2.75, 3.05) is 0 Å². The quantitative estimate of drug-likeness (QED) is 0.844. The number of imidazole rings is 1. The van der Waals surface area contributed by atoms with Gasteiger partial charge >= 0.3 is 0 Å². The van der Waals surface area contributed by atoms with Crippen molar-refractivity contribution in [2.45, 2.75) is 24.8 Å². The van der Waals surface area contributed by atoms with Gasteiger partial charge in [0.15, 0.2) is 4.77 Å². The maximum Gasteiger partial charge on any atom is 0.238 e. The molecule has 3 N–H and O–H groups in total. The van der Waals surface area contributed by atoms with Gasteiger partial charge in [0.05, 0.1) is 4.90 Å². The molecule has 0 radical (unpaired) electrons. The summed E-state index contributed by atoms with van der Waals surface area (Å²) in [7, 11) is -3.62. The van der Waals surface area contributed by atoms with Crippen molar-refractivity contribution < 1.29 is 8.42 Å². The molecule has 0 unspecified atom stereocenters. The fourth-order valence-corrected chi connectivity index (χ4v) is 2.66. The molecule has 0 bridgehead atoms. The van der Waals surface area contributed by atoms with Gasteiger partial charge < -0.3 is 9.55 Å². The van der Waals surface area contributed by atoms with Gasteiger partial charge in [-0.05, 0) is 43.3 Å². The maximum absolute atomic E-state index is 11.1. The molecule has 0 atom stereocenters. The maximum atomic E-state index is 11.1. The third-order valence-corrected chi connectivity index (χ3v) is 4.22. The van der Waals surface area contributed by atoms with Crippen LogP contribution in [0.25, 0.3) is 0 Å². The van der Waals surface area contributed by atoms with Crippen LogP contribution in [-0.4, -0.2) is 18.0 Å². The van der Waals surface area contributed by atoms with Gasteiger partial charge in [0.1, 0.15) is 0 Å². The SMILES string of the molecule is Cc1c[nH]c(=S)n1CCc1ccc(S(N)(=O)=O)cc1. The van der Waals surface area contributed by atoms with Crippen LogP contribution in [0.1, 0.15) is 11.3 Å². The van der Waals surface area contributed by atoms with Crippen molar-refractivity contribution in [1.82, 2.24) is 9.55 Å². The normalized spacial score (nSPS) is 11.7. The number of hydrogen-bond donors (Lipinski definition) is 2. The van der Waals surface area contributed by atoms with Crippen LogP contribution in [0.15, 0.2) is 35.4 Å². The molecule has 0 aliphatic carbocycles. The Bertz CT molecular complexity index is 727. The second-order valence-electron chi connectivity index (χ2n) is 4.33. The smallest absolute Gasteiger partial charge is 0.238 e. The van der Waals surface area contributed by atoms with E-state index in [4.69, 9.17) is 17.4 Å². The van der Waals surface area contributed by atoms with Crippen molar-refractivity contribution in [3.05, 3.63) is 46.5 Å². The number of sulfonamides is 1. The zero-order chi connectivity index (χ0) is 14.0. The van der Waals surface area contributed by atoms with E-state index in [1.165, 1.54) is 12.1 Å². The number of nitrogens with one attached hydrogen (secondary N) is 1. The summed E-state index contributed by atoms with van der Waals surface area (Å²) in [6.07, 6.45) is 2.64. The van der Waals surface area contributed by atoms with Crippen LogP contribution in [-0.2, 0) is 23.0 Å². The van der Waals surface area contributed by atoms with E-state index < -0.39 is 10.0 Å². The lowest BCUT2D eigenvalue weighted by Gasteiger charge is -2.06. The number of nitrogens with zero attached hydrogens (tertiary/aromatic N) is 1. The van der Waals surface area contributed by atoms with E-state index in [9.17, 15) is 8.42 Å². The zero-order valence-corrected chi connectivity index (χ0v) is 12.1. The standard InChI is InChI=1S/C12H15N3O2S2/c1-9-8-14-12(18)15(9)7-6-10-2-4-11(5-3-10)19(13,16)17/h2-5,8H,6-7H2,1H3,(H,14,18)(H2,13,16,17). The van der Waals surface area contributed by atoms with Crippen molar-refractivity contribution in [2.24, 2.45) is 5.14 Å². The average Bonchev–Trinajstić information content (AvgIpc) is 2.66. The predicted molar refractivity (Wildman–Crippen MR) is 75.9 cm³/mol. The number of hydrogen-bond acceptors (Lipinski definition) is 3. The topological polar surface area (TPSA) is 80.9 Å². The Morgan fingerprint density at radius 1 is 1.32 bits per heavy atom. The molecule has 102 valence electrons. The molecule has 1 heterocycles. The molecule has 1 aromatic carbocycles. The number of aryl methyl sites for hydroxylation is 2. The first-order valence-corrected chi connectivity index (χ1v) is 7.70. The molecular weight excluding hydrogens is 282 g/mol. The summed E-state index contributed by atoms with van der Waals surface area (Å²) < 4.78 is 25.0. The lowest BCUT2D eigenvalue weighted by atomic mass is 10.1. The minimum atomic E-state index is -3.62. The number of rotatable bonds is 4. The molecule has 7 heteroatoms. The first-order valence-electron chi connectivity index (χ1n) is 5.74. The Morgan fingerprint density at radius 3 is 2.42 bits per heavy atom. The lowest BCUT2D eigenvalue weighted by Crippen LogP contribution is -2.12. The molecule has 0 aliphatic heterocycles. The van der Waals surface area contributed by atoms with E-state index >= 15 is 0 Å². The highest BCUT2D eigenvalue weighted by atomic mass is 32.2. The summed E-state index contributed by atoms with van der Waals surface area (Å²) in [4.78, 5) is 3.11. The number of aromatic nitrogens is 2. The first kappa shape index (κ1) is 14.0. The Morgan fingerprint density at radius 2 is 1.95 bits per heavy atom. The van der Waals surface area contributed by atoms with Crippen LogP contribution in [0.4, 0.5) is 0 Å². The largest absolute Gasteiger partial charge is 0.337 e. The lowest BCUT2D eigenvalue weighted by molar-refractivity contribution is 0.597. The van der Waals surface area contributed by atoms with E-state index in [-0.39, 0.29) is 4.90 Å². The molecule has 0 saturated carbocycles. The van der Waals surface area contributed by atoms with Gasteiger partial charge in [-0.25, -0.2) is 13.6 Å². The molecule has 0 spiro atoms. The van der Waals surface area contributed by atoms with Crippen LogP contribution >= 0.6 is 12.2 Å². The van der Waals surface area contributed by atoms with E-state index in [0.717, 1.165) is 24.2 Å². The highest BCUT2D eigenvalue weighted by Gasteiger charge is 2.07. The van der Waals surface area contributed by atoms with Gasteiger partial charge in [0.2, 0.25) is 10.0 Å². The van der Waals surface area contributed by atoms with Gasteiger partial charge in [-0.2, -0.15) is 0 Å². The fraction of sp³-hybridized carbons (Fsp3) is 0.250. The van der Waals surface area contributed by atoms with E-state index in [1.54, 1.807) is 12.1 Å². The van der Waals surface area contributed by atoms with Gasteiger partial charge in [0.25, 0.3) is 0 Å². The van der Waals surface area contributed by atoms with Gasteiger partial charge in [-0.3, -0.25) is 0 Å². The number of primary sulfonamides is 1. The van der Waals surface area contributed by atoms with E-state index in [2.05, 4.69) is 4.98 Å². The van der Waals surface area contributed by atoms with Crippen molar-refractivity contribution in [1.29, 1.82) is 0 Å². The molecule has 2 aromatic rings. The second-order valence-corrected chi connectivity index (χ2v) is 6.27. The molecule has 5 nitrogen and oxygen atoms in total. The molecule has 2 rings (SSSR count). The van der Waals surface area contributed by atoms with E-state index in [0.29, 0.717) is 4.77 Å². The molecule has 0 amide bonds. The number of aromatic amines is 1. The van der Waals surface area contributed by atoms with Crippen molar-refractivity contribution in [3.8, 4) is 0 Å².